The maximum Gasteiger partial charge on any atom is 0.306 e. The van der Waals surface area contributed by atoms with Crippen LogP contribution in [0.4, 0.5) is 0 Å². The van der Waals surface area contributed by atoms with E-state index in [4.69, 9.17) is 9.94 Å². The first-order valence-corrected chi connectivity index (χ1v) is 11.2. The van der Waals surface area contributed by atoms with Crippen LogP contribution in [0.5, 0.6) is 0 Å². The quantitative estimate of drug-likeness (QED) is 0.227. The summed E-state index contributed by atoms with van der Waals surface area (Å²) in [5.41, 5.74) is 5.86. The maximum absolute atomic E-state index is 10.8. The molecule has 4 rings (SSSR count). The first kappa shape index (κ1) is 22.6. The van der Waals surface area contributed by atoms with Crippen LogP contribution in [0, 0.1) is 13.8 Å². The fraction of sp³-hybridized carbons (Fsp3) is 0.259. The highest BCUT2D eigenvalue weighted by molar-refractivity contribution is 5.95. The molecule has 6 heteroatoms. The smallest absolute Gasteiger partial charge is 0.306 e. The number of nitrogens with one attached hydrogen (secondary N) is 1. The van der Waals surface area contributed by atoms with E-state index in [1.807, 2.05) is 24.3 Å². The second-order valence-electron chi connectivity index (χ2n) is 8.15. The summed E-state index contributed by atoms with van der Waals surface area (Å²) < 4.78 is 2.35. The lowest BCUT2D eigenvalue weighted by molar-refractivity contribution is -0.138. The number of hydrogen-bond donors (Lipinski definition) is 2. The van der Waals surface area contributed by atoms with Gasteiger partial charge in [-0.3, -0.25) is 4.79 Å². The van der Waals surface area contributed by atoms with Crippen LogP contribution in [0.2, 0.25) is 0 Å². The third kappa shape index (κ3) is 5.07. The molecule has 4 aromatic rings. The van der Waals surface area contributed by atoms with E-state index in [9.17, 15) is 4.79 Å². The number of pyridine rings is 1. The number of carbonyl (C=O) groups is 1. The topological polar surface area (TPSA) is 75.8 Å². The molecule has 33 heavy (non-hydrogen) atoms. The molecule has 0 spiro atoms. The molecule has 0 amide bonds. The van der Waals surface area contributed by atoms with Crippen LogP contribution in [0.3, 0.4) is 0 Å². The first-order valence-electron chi connectivity index (χ1n) is 11.2. The molecule has 1 heterocycles. The predicted molar refractivity (Wildman–Crippen MR) is 131 cm³/mol. The number of aryl methyl sites for hydroxylation is 2. The number of rotatable bonds is 9. The van der Waals surface area contributed by atoms with Gasteiger partial charge in [-0.2, -0.15) is 0 Å². The van der Waals surface area contributed by atoms with Crippen LogP contribution >= 0.6 is 0 Å². The Balaban J connectivity index is 1.75. The average molecular weight is 444 g/mol. The highest BCUT2D eigenvalue weighted by Gasteiger charge is 2.13. The Morgan fingerprint density at radius 1 is 1.00 bits per heavy atom. The SMILES string of the molecule is Cc1ccc2/c(=N/OCCC(=O)O)c3ccccc3n(CCNCc3ccccc3)c2c1C. The molecule has 0 saturated heterocycles. The number of benzene rings is 3. The molecule has 0 saturated carbocycles. The Labute approximate surface area is 193 Å². The minimum absolute atomic E-state index is 0.0360. The molecule has 0 bridgehead atoms. The molecule has 0 aliphatic rings. The van der Waals surface area contributed by atoms with Gasteiger partial charge in [0.25, 0.3) is 0 Å². The maximum atomic E-state index is 10.8. The van der Waals surface area contributed by atoms with Crippen LogP contribution in [0.15, 0.2) is 71.9 Å². The predicted octanol–water partition coefficient (Wildman–Crippen LogP) is 4.51. The van der Waals surface area contributed by atoms with Gasteiger partial charge in [0.2, 0.25) is 0 Å². The summed E-state index contributed by atoms with van der Waals surface area (Å²) >= 11 is 0. The molecule has 3 aromatic carbocycles. The standard InChI is InChI=1S/C27H29N3O3/c1-19-12-13-23-26(29-33-17-14-25(31)32)22-10-6-7-11-24(22)30(27(23)20(19)2)16-15-28-18-21-8-4-3-5-9-21/h3-13,28H,14-18H2,1-2H3,(H,31,32)/b29-26+. The highest BCUT2D eigenvalue weighted by Crippen LogP contribution is 2.24. The summed E-state index contributed by atoms with van der Waals surface area (Å²) in [5, 5.41) is 19.6. The number of nitrogens with zero attached hydrogens (tertiary/aromatic N) is 2. The van der Waals surface area contributed by atoms with Crippen molar-refractivity contribution in [3.05, 3.63) is 88.8 Å². The molecule has 1 aromatic heterocycles. The number of fused-ring (bicyclic) bond motifs is 2. The van der Waals surface area contributed by atoms with Gasteiger partial charge in [-0.25, -0.2) is 0 Å². The van der Waals surface area contributed by atoms with Gasteiger partial charge in [-0.05, 0) is 36.6 Å². The molecule has 0 fully saturated rings. The van der Waals surface area contributed by atoms with E-state index < -0.39 is 5.97 Å². The van der Waals surface area contributed by atoms with Crippen LogP contribution in [-0.2, 0) is 22.7 Å². The zero-order valence-corrected chi connectivity index (χ0v) is 19.0. The van der Waals surface area contributed by atoms with E-state index >= 15 is 0 Å². The second kappa shape index (κ2) is 10.3. The number of carboxylic acids is 1. The van der Waals surface area contributed by atoms with E-state index in [1.54, 1.807) is 0 Å². The number of aliphatic carboxylic acids is 1. The lowest BCUT2D eigenvalue weighted by Crippen LogP contribution is -2.22. The fourth-order valence-corrected chi connectivity index (χ4v) is 4.11. The Bertz CT molecular complexity index is 1340. The van der Waals surface area contributed by atoms with E-state index in [0.717, 1.165) is 46.8 Å². The van der Waals surface area contributed by atoms with E-state index in [-0.39, 0.29) is 13.0 Å². The van der Waals surface area contributed by atoms with Crippen LogP contribution in [0.25, 0.3) is 21.8 Å². The zero-order valence-electron chi connectivity index (χ0n) is 19.0. The Morgan fingerprint density at radius 2 is 1.76 bits per heavy atom. The number of para-hydroxylation sites is 1. The molecule has 0 aliphatic heterocycles. The van der Waals surface area contributed by atoms with Crippen molar-refractivity contribution < 1.29 is 14.7 Å². The van der Waals surface area contributed by atoms with Gasteiger partial charge < -0.3 is 19.8 Å². The molecule has 0 radical (unpaired) electrons. The molecule has 0 aliphatic carbocycles. The molecule has 0 unspecified atom stereocenters. The summed E-state index contributed by atoms with van der Waals surface area (Å²) in [5.74, 6) is -0.903. The van der Waals surface area contributed by atoms with Crippen molar-refractivity contribution in [2.45, 2.75) is 33.4 Å². The van der Waals surface area contributed by atoms with Crippen LogP contribution < -0.4 is 10.7 Å². The third-order valence-electron chi connectivity index (χ3n) is 5.92. The van der Waals surface area contributed by atoms with Crippen molar-refractivity contribution in [1.29, 1.82) is 0 Å². The summed E-state index contributed by atoms with van der Waals surface area (Å²) in [4.78, 5) is 16.3. The summed E-state index contributed by atoms with van der Waals surface area (Å²) in [6.07, 6.45) is -0.0859. The van der Waals surface area contributed by atoms with Gasteiger partial charge in [0.1, 0.15) is 12.0 Å². The largest absolute Gasteiger partial charge is 0.481 e. The monoisotopic (exact) mass is 443 g/mol. The van der Waals surface area contributed by atoms with Gasteiger partial charge in [0.15, 0.2) is 0 Å². The molecule has 6 nitrogen and oxygen atoms in total. The average Bonchev–Trinajstić information content (AvgIpc) is 2.83. The Kier molecular flexibility index (Phi) is 7.05. The lowest BCUT2D eigenvalue weighted by atomic mass is 10.0. The van der Waals surface area contributed by atoms with E-state index in [0.29, 0.717) is 0 Å². The molecular formula is C27H29N3O3. The van der Waals surface area contributed by atoms with Gasteiger partial charge in [0, 0.05) is 30.4 Å². The Morgan fingerprint density at radius 3 is 2.55 bits per heavy atom. The summed E-state index contributed by atoms with van der Waals surface area (Å²) in [7, 11) is 0. The van der Waals surface area contributed by atoms with Gasteiger partial charge in [-0.1, -0.05) is 65.8 Å². The van der Waals surface area contributed by atoms with Crippen molar-refractivity contribution >= 4 is 27.8 Å². The fourth-order valence-electron chi connectivity index (χ4n) is 4.11. The highest BCUT2D eigenvalue weighted by atomic mass is 16.6. The zero-order chi connectivity index (χ0) is 23.2. The van der Waals surface area contributed by atoms with Crippen LogP contribution in [0.1, 0.15) is 23.1 Å². The minimum atomic E-state index is -0.903. The first-order chi connectivity index (χ1) is 16.1. The summed E-state index contributed by atoms with van der Waals surface area (Å²) in [6, 6.07) is 22.7. The van der Waals surface area contributed by atoms with Crippen molar-refractivity contribution in [3.8, 4) is 0 Å². The van der Waals surface area contributed by atoms with Crippen molar-refractivity contribution in [3.63, 3.8) is 0 Å². The van der Waals surface area contributed by atoms with Crippen molar-refractivity contribution in [2.75, 3.05) is 13.2 Å². The van der Waals surface area contributed by atoms with Crippen LogP contribution in [-0.4, -0.2) is 28.8 Å². The van der Waals surface area contributed by atoms with Gasteiger partial charge in [-0.15, -0.1) is 0 Å². The molecule has 170 valence electrons. The normalized spacial score (nSPS) is 11.9. The number of carboxylic acid groups (broad SMARTS) is 1. The summed E-state index contributed by atoms with van der Waals surface area (Å²) in [6.45, 7) is 6.72. The number of aromatic nitrogens is 1. The number of hydrogen-bond acceptors (Lipinski definition) is 4. The molecular weight excluding hydrogens is 414 g/mol. The molecule has 0 atom stereocenters. The van der Waals surface area contributed by atoms with Crippen molar-refractivity contribution in [1.82, 2.24) is 9.88 Å². The van der Waals surface area contributed by atoms with Gasteiger partial charge >= 0.3 is 5.97 Å². The van der Waals surface area contributed by atoms with E-state index in [2.05, 4.69) is 71.4 Å². The molecule has 2 N–H and O–H groups in total. The Hall–Kier alpha value is -3.64. The van der Waals surface area contributed by atoms with E-state index in [1.165, 1.54) is 16.7 Å². The lowest BCUT2D eigenvalue weighted by Gasteiger charge is -2.19. The third-order valence-corrected chi connectivity index (χ3v) is 5.92. The van der Waals surface area contributed by atoms with Gasteiger partial charge in [0.05, 0.1) is 17.5 Å². The minimum Gasteiger partial charge on any atom is -0.481 e. The second-order valence-corrected chi connectivity index (χ2v) is 8.15. The van der Waals surface area contributed by atoms with Crippen molar-refractivity contribution in [2.24, 2.45) is 5.16 Å².